The first kappa shape index (κ1) is 15.2. The highest BCUT2D eigenvalue weighted by molar-refractivity contribution is 7.10. The van der Waals surface area contributed by atoms with E-state index in [0.717, 1.165) is 13.1 Å². The summed E-state index contributed by atoms with van der Waals surface area (Å²) < 4.78 is 0. The van der Waals surface area contributed by atoms with Crippen molar-refractivity contribution in [3.8, 4) is 0 Å². The Morgan fingerprint density at radius 3 is 2.67 bits per heavy atom. The second-order valence-corrected chi connectivity index (χ2v) is 6.04. The van der Waals surface area contributed by atoms with Gasteiger partial charge < -0.3 is 10.6 Å². The Balaban J connectivity index is 2.22. The number of aryl methyl sites for hydroxylation is 1. The molecule has 0 aromatic carbocycles. The van der Waals surface area contributed by atoms with E-state index in [-0.39, 0.29) is 5.91 Å². The third-order valence-corrected chi connectivity index (χ3v) is 4.01. The predicted molar refractivity (Wildman–Crippen MR) is 77.9 cm³/mol. The van der Waals surface area contributed by atoms with Crippen molar-refractivity contribution in [2.45, 2.75) is 40.2 Å². The molecule has 1 atom stereocenters. The predicted octanol–water partition coefficient (Wildman–Crippen LogP) is 2.87. The van der Waals surface area contributed by atoms with Gasteiger partial charge in [-0.1, -0.05) is 13.8 Å². The molecule has 0 saturated carbocycles. The molecule has 1 unspecified atom stereocenters. The largest absolute Gasteiger partial charge is 0.356 e. The minimum Gasteiger partial charge on any atom is -0.356 e. The van der Waals surface area contributed by atoms with E-state index in [0.29, 0.717) is 18.4 Å². The topological polar surface area (TPSA) is 41.1 Å². The van der Waals surface area contributed by atoms with Gasteiger partial charge in [-0.15, -0.1) is 11.3 Å². The highest BCUT2D eigenvalue weighted by Crippen LogP contribution is 2.23. The van der Waals surface area contributed by atoms with Crippen molar-refractivity contribution in [3.05, 3.63) is 21.9 Å². The van der Waals surface area contributed by atoms with E-state index in [9.17, 15) is 4.79 Å². The van der Waals surface area contributed by atoms with E-state index >= 15 is 0 Å². The van der Waals surface area contributed by atoms with Crippen LogP contribution in [0.15, 0.2) is 11.4 Å². The number of thiophene rings is 1. The lowest BCUT2D eigenvalue weighted by atomic mass is 10.2. The molecule has 1 rings (SSSR count). The van der Waals surface area contributed by atoms with Crippen molar-refractivity contribution < 1.29 is 4.79 Å². The zero-order valence-corrected chi connectivity index (χ0v) is 12.6. The van der Waals surface area contributed by atoms with Gasteiger partial charge in [-0.05, 0) is 36.8 Å². The summed E-state index contributed by atoms with van der Waals surface area (Å²) in [5, 5.41) is 8.43. The van der Waals surface area contributed by atoms with E-state index in [4.69, 9.17) is 0 Å². The molecule has 18 heavy (non-hydrogen) atoms. The summed E-state index contributed by atoms with van der Waals surface area (Å²) in [7, 11) is 0. The molecule has 0 aliphatic heterocycles. The molecule has 2 N–H and O–H groups in total. The minimum atomic E-state index is 0.131. The summed E-state index contributed by atoms with van der Waals surface area (Å²) in [6.07, 6.45) is 0.543. The lowest BCUT2D eigenvalue weighted by Gasteiger charge is -2.13. The number of hydrogen-bond acceptors (Lipinski definition) is 3. The van der Waals surface area contributed by atoms with Gasteiger partial charge >= 0.3 is 0 Å². The summed E-state index contributed by atoms with van der Waals surface area (Å²) in [4.78, 5) is 12.9. The lowest BCUT2D eigenvalue weighted by Crippen LogP contribution is -2.31. The molecule has 0 aliphatic carbocycles. The summed E-state index contributed by atoms with van der Waals surface area (Å²) in [6.45, 7) is 9.95. The Labute approximate surface area is 114 Å². The zero-order chi connectivity index (χ0) is 13.5. The van der Waals surface area contributed by atoms with Crippen LogP contribution in [0.3, 0.4) is 0 Å². The summed E-state index contributed by atoms with van der Waals surface area (Å²) in [5.41, 5.74) is 1.32. The van der Waals surface area contributed by atoms with Crippen LogP contribution in [0.5, 0.6) is 0 Å². The molecule has 1 aromatic rings. The van der Waals surface area contributed by atoms with Crippen LogP contribution in [-0.4, -0.2) is 19.0 Å². The van der Waals surface area contributed by atoms with Crippen LogP contribution >= 0.6 is 11.3 Å². The Bertz CT molecular complexity index is 374. The number of hydrogen-bond donors (Lipinski definition) is 2. The molecule has 102 valence electrons. The Kier molecular flexibility index (Phi) is 6.36. The molecule has 1 amide bonds. The maximum absolute atomic E-state index is 11.5. The van der Waals surface area contributed by atoms with Crippen molar-refractivity contribution in [2.75, 3.05) is 13.1 Å². The Morgan fingerprint density at radius 1 is 1.39 bits per heavy atom. The monoisotopic (exact) mass is 268 g/mol. The third-order valence-electron chi connectivity index (χ3n) is 2.81. The van der Waals surface area contributed by atoms with Crippen LogP contribution in [-0.2, 0) is 4.79 Å². The van der Waals surface area contributed by atoms with Gasteiger partial charge in [-0.2, -0.15) is 0 Å². The second-order valence-electron chi connectivity index (χ2n) is 5.09. The average Bonchev–Trinajstić information content (AvgIpc) is 2.72. The third kappa shape index (κ3) is 5.19. The molecule has 1 aromatic heterocycles. The second kappa shape index (κ2) is 7.54. The maximum Gasteiger partial charge on any atom is 0.221 e. The quantitative estimate of drug-likeness (QED) is 0.798. The lowest BCUT2D eigenvalue weighted by molar-refractivity contribution is -0.121. The minimum absolute atomic E-state index is 0.131. The van der Waals surface area contributed by atoms with E-state index in [1.54, 1.807) is 11.3 Å². The van der Waals surface area contributed by atoms with E-state index in [1.165, 1.54) is 10.4 Å². The van der Waals surface area contributed by atoms with Crippen LogP contribution in [0.1, 0.15) is 43.7 Å². The molecule has 0 spiro atoms. The number of carbonyl (C=O) groups excluding carboxylic acids is 1. The molecular weight excluding hydrogens is 244 g/mol. The van der Waals surface area contributed by atoms with Gasteiger partial charge in [0.05, 0.1) is 0 Å². The summed E-state index contributed by atoms with van der Waals surface area (Å²) in [5.74, 6) is 0.640. The maximum atomic E-state index is 11.5. The highest BCUT2D eigenvalue weighted by Gasteiger charge is 2.09. The number of rotatable bonds is 7. The molecule has 0 bridgehead atoms. The fourth-order valence-electron chi connectivity index (χ4n) is 1.73. The van der Waals surface area contributed by atoms with Gasteiger partial charge in [-0.3, -0.25) is 4.79 Å². The van der Waals surface area contributed by atoms with E-state index in [1.807, 2.05) is 0 Å². The molecule has 3 nitrogen and oxygen atoms in total. The zero-order valence-electron chi connectivity index (χ0n) is 11.7. The first-order chi connectivity index (χ1) is 8.50. The molecule has 1 heterocycles. The summed E-state index contributed by atoms with van der Waals surface area (Å²) >= 11 is 1.77. The fourth-order valence-corrected chi connectivity index (χ4v) is 2.69. The molecule has 0 aliphatic rings. The molecule has 0 radical (unpaired) electrons. The van der Waals surface area contributed by atoms with Gasteiger partial charge in [0.15, 0.2) is 0 Å². The number of amides is 1. The average molecular weight is 268 g/mol. The van der Waals surface area contributed by atoms with Gasteiger partial charge in [-0.25, -0.2) is 0 Å². The van der Waals surface area contributed by atoms with Crippen molar-refractivity contribution in [2.24, 2.45) is 5.92 Å². The smallest absolute Gasteiger partial charge is 0.221 e. The van der Waals surface area contributed by atoms with Crippen molar-refractivity contribution in [3.63, 3.8) is 0 Å². The number of carbonyl (C=O) groups is 1. The molecule has 0 saturated heterocycles. The van der Waals surface area contributed by atoms with Gasteiger partial charge in [0.2, 0.25) is 5.91 Å². The molecule has 4 heteroatoms. The van der Waals surface area contributed by atoms with Gasteiger partial charge in [0.25, 0.3) is 0 Å². The first-order valence-electron chi connectivity index (χ1n) is 6.54. The standard InChI is InChI=1S/C14H24N2OS/c1-10(2)9-16-13(17)5-7-15-12(4)14-11(3)6-8-18-14/h6,8,10,12,15H,5,7,9H2,1-4H3,(H,16,17). The van der Waals surface area contributed by atoms with Crippen molar-refractivity contribution in [1.82, 2.24) is 10.6 Å². The Hall–Kier alpha value is -0.870. The van der Waals surface area contributed by atoms with Gasteiger partial charge in [0.1, 0.15) is 0 Å². The summed E-state index contributed by atoms with van der Waals surface area (Å²) in [6, 6.07) is 2.45. The van der Waals surface area contributed by atoms with Crippen molar-refractivity contribution >= 4 is 17.2 Å². The van der Waals surface area contributed by atoms with Crippen molar-refractivity contribution in [1.29, 1.82) is 0 Å². The highest BCUT2D eigenvalue weighted by atomic mass is 32.1. The normalized spacial score (nSPS) is 12.7. The van der Waals surface area contributed by atoms with Crippen LogP contribution < -0.4 is 10.6 Å². The Morgan fingerprint density at radius 2 is 2.11 bits per heavy atom. The van der Waals surface area contributed by atoms with Crippen LogP contribution in [0.2, 0.25) is 0 Å². The SMILES string of the molecule is Cc1ccsc1C(C)NCCC(=O)NCC(C)C. The molecular formula is C14H24N2OS. The first-order valence-corrected chi connectivity index (χ1v) is 7.42. The molecule has 0 fully saturated rings. The number of nitrogens with one attached hydrogen (secondary N) is 2. The van der Waals surface area contributed by atoms with Crippen LogP contribution in [0, 0.1) is 12.8 Å². The van der Waals surface area contributed by atoms with Crippen LogP contribution in [0.4, 0.5) is 0 Å². The van der Waals surface area contributed by atoms with E-state index < -0.39 is 0 Å². The fraction of sp³-hybridized carbons (Fsp3) is 0.643. The van der Waals surface area contributed by atoms with Gasteiger partial charge in [0, 0.05) is 30.4 Å². The van der Waals surface area contributed by atoms with Crippen LogP contribution in [0.25, 0.3) is 0 Å². The van der Waals surface area contributed by atoms with E-state index in [2.05, 4.69) is 49.8 Å².